The van der Waals surface area contributed by atoms with Gasteiger partial charge in [0.1, 0.15) is 5.76 Å². The molecule has 0 saturated carbocycles. The van der Waals surface area contributed by atoms with Crippen molar-refractivity contribution in [2.45, 2.75) is 6.92 Å². The molecule has 0 aromatic heterocycles. The first-order chi connectivity index (χ1) is 12.0. The number of amides is 2. The molecule has 2 amide bonds. The number of hydrogen-bond acceptors (Lipinski definition) is 5. The molecule has 2 aromatic carbocycles. The molecule has 0 saturated heterocycles. The van der Waals surface area contributed by atoms with Crippen LogP contribution in [0, 0.1) is 0 Å². The Bertz CT molecular complexity index is 966. The number of aliphatic hydroxyl groups is 1. The highest BCUT2D eigenvalue weighted by atomic mass is 79.9. The number of ether oxygens (including phenoxy) is 2. The molecule has 0 aliphatic carbocycles. The van der Waals surface area contributed by atoms with Gasteiger partial charge in [-0.1, -0.05) is 22.0 Å². The van der Waals surface area contributed by atoms with Crippen molar-refractivity contribution in [3.8, 4) is 11.5 Å². The van der Waals surface area contributed by atoms with E-state index in [1.54, 1.807) is 36.4 Å². The molecule has 0 atom stereocenters. The highest BCUT2D eigenvalue weighted by Gasteiger charge is 2.38. The first-order valence-electron chi connectivity index (χ1n) is 7.45. The topological polar surface area (TPSA) is 76.1 Å². The summed E-state index contributed by atoms with van der Waals surface area (Å²) in [7, 11) is 0. The Balaban J connectivity index is 1.91. The van der Waals surface area contributed by atoms with Crippen molar-refractivity contribution in [3.05, 3.63) is 52.0 Å². The molecule has 126 valence electrons. The Morgan fingerprint density at radius 2 is 1.92 bits per heavy atom. The van der Waals surface area contributed by atoms with Gasteiger partial charge in [0.15, 0.2) is 11.5 Å². The molecule has 25 heavy (non-hydrogen) atoms. The summed E-state index contributed by atoms with van der Waals surface area (Å²) < 4.78 is 11.3. The van der Waals surface area contributed by atoms with Crippen molar-refractivity contribution in [3.63, 3.8) is 0 Å². The largest absolute Gasteiger partial charge is 0.506 e. The van der Waals surface area contributed by atoms with Gasteiger partial charge in [-0.05, 0) is 30.3 Å². The summed E-state index contributed by atoms with van der Waals surface area (Å²) in [4.78, 5) is 25.8. The third kappa shape index (κ3) is 2.39. The van der Waals surface area contributed by atoms with E-state index in [2.05, 4.69) is 15.9 Å². The van der Waals surface area contributed by atoms with E-state index in [4.69, 9.17) is 9.47 Å². The summed E-state index contributed by atoms with van der Waals surface area (Å²) in [6, 6.07) is 10.0. The van der Waals surface area contributed by atoms with E-state index in [0.717, 1.165) is 9.37 Å². The Morgan fingerprint density at radius 1 is 1.16 bits per heavy atom. The second-order valence-corrected chi connectivity index (χ2v) is 6.53. The molecule has 1 N–H and O–H groups in total. The average Bonchev–Trinajstić information content (AvgIpc) is 3.14. The smallest absolute Gasteiger partial charge is 0.269 e. The number of hydrogen-bond donors (Lipinski definition) is 1. The maximum Gasteiger partial charge on any atom is 0.269 e. The van der Waals surface area contributed by atoms with Crippen LogP contribution in [0.2, 0.25) is 0 Å². The van der Waals surface area contributed by atoms with E-state index in [9.17, 15) is 14.7 Å². The fourth-order valence-electron chi connectivity index (χ4n) is 2.97. The number of anilines is 1. The number of carbonyl (C=O) groups is 2. The molecule has 7 heteroatoms. The molecule has 2 aliphatic heterocycles. The molecule has 2 aliphatic rings. The molecule has 0 unspecified atom stereocenters. The lowest BCUT2D eigenvalue weighted by atomic mass is 10.0. The van der Waals surface area contributed by atoms with E-state index in [1.165, 1.54) is 6.92 Å². The van der Waals surface area contributed by atoms with Gasteiger partial charge in [-0.25, -0.2) is 4.90 Å². The van der Waals surface area contributed by atoms with Crippen molar-refractivity contribution in [1.29, 1.82) is 0 Å². The van der Waals surface area contributed by atoms with E-state index < -0.39 is 11.8 Å². The molecule has 0 bridgehead atoms. The third-order valence-corrected chi connectivity index (χ3v) is 4.58. The molecule has 0 fully saturated rings. The summed E-state index contributed by atoms with van der Waals surface area (Å²) in [5.74, 6) is -0.118. The van der Waals surface area contributed by atoms with Gasteiger partial charge in [-0.3, -0.25) is 9.59 Å². The lowest BCUT2D eigenvalue weighted by Gasteiger charge is -2.12. The van der Waals surface area contributed by atoms with Crippen molar-refractivity contribution < 1.29 is 24.2 Å². The number of nitrogens with zero attached hydrogens (tertiary/aromatic N) is 1. The van der Waals surface area contributed by atoms with Gasteiger partial charge in [-0.2, -0.15) is 0 Å². The number of fused-ring (bicyclic) bond motifs is 2. The van der Waals surface area contributed by atoms with E-state index in [0.29, 0.717) is 28.3 Å². The highest BCUT2D eigenvalue weighted by Crippen LogP contribution is 2.42. The van der Waals surface area contributed by atoms with Crippen LogP contribution < -0.4 is 14.4 Å². The molecule has 6 nitrogen and oxygen atoms in total. The van der Waals surface area contributed by atoms with Crippen molar-refractivity contribution in [2.24, 2.45) is 0 Å². The molecule has 2 heterocycles. The minimum atomic E-state index is -0.559. The Labute approximate surface area is 151 Å². The fraction of sp³-hybridized carbons (Fsp3) is 0.111. The van der Waals surface area contributed by atoms with Gasteiger partial charge in [0.25, 0.3) is 5.91 Å². The van der Waals surface area contributed by atoms with Crippen LogP contribution in [0.3, 0.4) is 0 Å². The monoisotopic (exact) mass is 401 g/mol. The maximum atomic E-state index is 12.8. The summed E-state index contributed by atoms with van der Waals surface area (Å²) in [6.07, 6.45) is 0. The summed E-state index contributed by atoms with van der Waals surface area (Å²) in [5.41, 5.74) is 1.43. The van der Waals surface area contributed by atoms with Crippen molar-refractivity contribution >= 4 is 44.8 Å². The van der Waals surface area contributed by atoms with Gasteiger partial charge in [0.05, 0.1) is 11.3 Å². The van der Waals surface area contributed by atoms with Crippen LogP contribution in [0.1, 0.15) is 18.1 Å². The summed E-state index contributed by atoms with van der Waals surface area (Å²) >= 11 is 3.34. The van der Waals surface area contributed by atoms with Crippen LogP contribution in [0.4, 0.5) is 5.69 Å². The molecule has 0 radical (unpaired) electrons. The molecule has 0 spiro atoms. The van der Waals surface area contributed by atoms with Gasteiger partial charge < -0.3 is 14.6 Å². The van der Waals surface area contributed by atoms with Gasteiger partial charge in [0.2, 0.25) is 12.7 Å². The van der Waals surface area contributed by atoms with Crippen LogP contribution >= 0.6 is 15.9 Å². The van der Waals surface area contributed by atoms with E-state index in [-0.39, 0.29) is 18.1 Å². The number of rotatable bonds is 1. The first-order valence-corrected chi connectivity index (χ1v) is 8.25. The van der Waals surface area contributed by atoms with Crippen LogP contribution in [0.5, 0.6) is 11.5 Å². The predicted molar refractivity (Wildman–Crippen MR) is 94.3 cm³/mol. The SMILES string of the molecule is CC(=O)N1C(=O)C(=C(O)c2ccc3c(c2)OCO3)c2ccc(Br)cc21. The quantitative estimate of drug-likeness (QED) is 0.584. The van der Waals surface area contributed by atoms with E-state index >= 15 is 0 Å². The fourth-order valence-corrected chi connectivity index (χ4v) is 3.32. The van der Waals surface area contributed by atoms with E-state index in [1.807, 2.05) is 0 Å². The maximum absolute atomic E-state index is 12.8. The number of imide groups is 1. The standard InChI is InChI=1S/C18H12BrNO5/c1-9(21)20-13-7-11(19)3-4-12(13)16(18(20)23)17(22)10-2-5-14-15(6-10)25-8-24-14/h2-7,22H,8H2,1H3. The zero-order valence-electron chi connectivity index (χ0n) is 13.1. The predicted octanol–water partition coefficient (Wildman–Crippen LogP) is 3.50. The molecular formula is C18H12BrNO5. The number of benzene rings is 2. The zero-order chi connectivity index (χ0) is 17.7. The van der Waals surface area contributed by atoms with Gasteiger partial charge in [0, 0.05) is 22.5 Å². The van der Waals surface area contributed by atoms with Crippen LogP contribution in [-0.4, -0.2) is 23.7 Å². The minimum absolute atomic E-state index is 0.0802. The van der Waals surface area contributed by atoms with Crippen LogP contribution in [0.25, 0.3) is 11.3 Å². The third-order valence-electron chi connectivity index (χ3n) is 4.08. The number of carbonyl (C=O) groups excluding carboxylic acids is 2. The second-order valence-electron chi connectivity index (χ2n) is 5.61. The summed E-state index contributed by atoms with van der Waals surface area (Å²) in [5, 5.41) is 10.8. The summed E-state index contributed by atoms with van der Waals surface area (Å²) in [6.45, 7) is 1.42. The molecular weight excluding hydrogens is 390 g/mol. The zero-order valence-corrected chi connectivity index (χ0v) is 14.7. The van der Waals surface area contributed by atoms with Gasteiger partial charge >= 0.3 is 0 Å². The minimum Gasteiger partial charge on any atom is -0.506 e. The van der Waals surface area contributed by atoms with Gasteiger partial charge in [-0.15, -0.1) is 0 Å². The van der Waals surface area contributed by atoms with Crippen LogP contribution in [-0.2, 0) is 9.59 Å². The highest BCUT2D eigenvalue weighted by molar-refractivity contribution is 9.10. The lowest BCUT2D eigenvalue weighted by molar-refractivity contribution is -0.122. The van der Waals surface area contributed by atoms with Crippen molar-refractivity contribution in [1.82, 2.24) is 0 Å². The Kier molecular flexibility index (Phi) is 3.54. The number of aliphatic hydroxyl groups excluding tert-OH is 1. The second kappa shape index (κ2) is 5.63. The number of halogens is 1. The van der Waals surface area contributed by atoms with Crippen LogP contribution in [0.15, 0.2) is 40.9 Å². The average molecular weight is 402 g/mol. The molecule has 4 rings (SSSR count). The first kappa shape index (κ1) is 15.7. The lowest BCUT2D eigenvalue weighted by Crippen LogP contribution is -2.31. The van der Waals surface area contributed by atoms with Crippen molar-refractivity contribution in [2.75, 3.05) is 11.7 Å². The normalized spacial score (nSPS) is 16.9. The molecule has 2 aromatic rings. The Morgan fingerprint density at radius 3 is 2.68 bits per heavy atom. The Hall–Kier alpha value is -2.80.